The van der Waals surface area contributed by atoms with Gasteiger partial charge in [0, 0.05) is 11.1 Å². The summed E-state index contributed by atoms with van der Waals surface area (Å²) in [5.41, 5.74) is 2.13. The van der Waals surface area contributed by atoms with E-state index in [1.807, 2.05) is 36.4 Å². The minimum absolute atomic E-state index is 1.06. The van der Waals surface area contributed by atoms with Crippen LogP contribution in [0.25, 0.3) is 0 Å². The van der Waals surface area contributed by atoms with Crippen molar-refractivity contribution < 1.29 is 0 Å². The van der Waals surface area contributed by atoms with E-state index in [-0.39, 0.29) is 0 Å². The van der Waals surface area contributed by atoms with Gasteiger partial charge < -0.3 is 0 Å². The Balaban J connectivity index is 2.62. The standard InChI is InChI=1S/C24H28Si2/c1-25(2,3)23(19-17-21-13-9-7-10-14-21)24(26(4,5)6)20-18-22-15-11-8-12-16-22/h7-16H,1-6H3/b24-23+. The van der Waals surface area contributed by atoms with Crippen LogP contribution < -0.4 is 0 Å². The van der Waals surface area contributed by atoms with Gasteiger partial charge in [-0.05, 0) is 34.7 Å². The fraction of sp³-hybridized carbons (Fsp3) is 0.250. The van der Waals surface area contributed by atoms with E-state index >= 15 is 0 Å². The highest BCUT2D eigenvalue weighted by Crippen LogP contribution is 2.25. The Labute approximate surface area is 161 Å². The van der Waals surface area contributed by atoms with Gasteiger partial charge in [-0.1, -0.05) is 99.4 Å². The molecule has 0 N–H and O–H groups in total. The van der Waals surface area contributed by atoms with Crippen LogP contribution in [0.2, 0.25) is 39.3 Å². The number of benzene rings is 2. The summed E-state index contributed by atoms with van der Waals surface area (Å²) in [5, 5.41) is 2.62. The Hall–Kier alpha value is -2.27. The lowest BCUT2D eigenvalue weighted by atomic mass is 10.2. The van der Waals surface area contributed by atoms with E-state index in [1.54, 1.807) is 0 Å². The average molecular weight is 373 g/mol. The number of hydrogen-bond donors (Lipinski definition) is 0. The van der Waals surface area contributed by atoms with E-state index in [0.717, 1.165) is 11.1 Å². The summed E-state index contributed by atoms with van der Waals surface area (Å²) in [6, 6.07) is 20.5. The smallest absolute Gasteiger partial charge is 0.0702 e. The van der Waals surface area contributed by atoms with Crippen molar-refractivity contribution in [1.82, 2.24) is 0 Å². The van der Waals surface area contributed by atoms with Crippen molar-refractivity contribution in [3.8, 4) is 23.7 Å². The zero-order valence-electron chi connectivity index (χ0n) is 16.8. The third-order valence-electron chi connectivity index (χ3n) is 3.96. The summed E-state index contributed by atoms with van der Waals surface area (Å²) in [6.45, 7) is 14.2. The predicted octanol–water partition coefficient (Wildman–Crippen LogP) is 6.14. The summed E-state index contributed by atoms with van der Waals surface area (Å²) in [5.74, 6) is 13.9. The lowest BCUT2D eigenvalue weighted by Gasteiger charge is -2.25. The van der Waals surface area contributed by atoms with E-state index in [1.165, 1.54) is 10.4 Å². The van der Waals surface area contributed by atoms with Crippen LogP contribution in [0.15, 0.2) is 71.1 Å². The second-order valence-electron chi connectivity index (χ2n) is 8.48. The molecule has 0 unspecified atom stereocenters. The van der Waals surface area contributed by atoms with Gasteiger partial charge in [0.15, 0.2) is 0 Å². The summed E-state index contributed by atoms with van der Waals surface area (Å²) >= 11 is 0. The molecule has 0 radical (unpaired) electrons. The van der Waals surface area contributed by atoms with Gasteiger partial charge in [-0.3, -0.25) is 0 Å². The monoisotopic (exact) mass is 372 g/mol. The summed E-state index contributed by atoms with van der Waals surface area (Å²) < 4.78 is 0. The van der Waals surface area contributed by atoms with Crippen molar-refractivity contribution in [3.05, 3.63) is 82.2 Å². The molecule has 0 amide bonds. The van der Waals surface area contributed by atoms with Crippen LogP contribution in [0.3, 0.4) is 0 Å². The molecule has 0 heterocycles. The van der Waals surface area contributed by atoms with Gasteiger partial charge in [-0.25, -0.2) is 0 Å². The van der Waals surface area contributed by atoms with Crippen LogP contribution in [-0.2, 0) is 0 Å². The van der Waals surface area contributed by atoms with Gasteiger partial charge in [0.2, 0.25) is 0 Å². The predicted molar refractivity (Wildman–Crippen MR) is 120 cm³/mol. The van der Waals surface area contributed by atoms with Crippen molar-refractivity contribution in [1.29, 1.82) is 0 Å². The SMILES string of the molecule is C[Si](C)(C)/C(C#Cc1ccccc1)=C(\C#Cc1ccccc1)[Si](C)(C)C. The van der Waals surface area contributed by atoms with Crippen LogP contribution >= 0.6 is 0 Å². The number of hydrogen-bond acceptors (Lipinski definition) is 0. The molecule has 0 fully saturated rings. The first-order valence-electron chi connectivity index (χ1n) is 9.07. The van der Waals surface area contributed by atoms with E-state index in [0.29, 0.717) is 0 Å². The molecule has 0 spiro atoms. The molecular formula is C24H28Si2. The van der Waals surface area contributed by atoms with Crippen LogP contribution in [0.5, 0.6) is 0 Å². The first-order valence-corrected chi connectivity index (χ1v) is 16.1. The van der Waals surface area contributed by atoms with Gasteiger partial charge in [0.25, 0.3) is 0 Å². The van der Waals surface area contributed by atoms with E-state index in [2.05, 4.69) is 87.2 Å². The third-order valence-corrected chi connectivity index (χ3v) is 7.96. The zero-order chi connectivity index (χ0) is 19.2. The molecule has 2 heteroatoms. The van der Waals surface area contributed by atoms with Crippen LogP contribution in [0.1, 0.15) is 11.1 Å². The average Bonchev–Trinajstić information content (AvgIpc) is 2.57. The van der Waals surface area contributed by atoms with Gasteiger partial charge in [-0.15, -0.1) is 0 Å². The number of allylic oxidation sites excluding steroid dienone is 2. The topological polar surface area (TPSA) is 0 Å². The molecule has 0 atom stereocenters. The fourth-order valence-electron chi connectivity index (χ4n) is 2.56. The molecule has 0 bridgehead atoms. The molecule has 2 aromatic rings. The second kappa shape index (κ2) is 8.41. The Morgan fingerprint density at radius 3 is 1.12 bits per heavy atom. The van der Waals surface area contributed by atoms with Gasteiger partial charge in [-0.2, -0.15) is 0 Å². The van der Waals surface area contributed by atoms with Crippen LogP contribution in [-0.4, -0.2) is 16.1 Å². The summed E-state index contributed by atoms with van der Waals surface area (Å²) in [6.07, 6.45) is 0. The molecule has 26 heavy (non-hydrogen) atoms. The first-order chi connectivity index (χ1) is 12.2. The highest BCUT2D eigenvalue weighted by Gasteiger charge is 2.28. The largest absolute Gasteiger partial charge is 0.0891 e. The normalized spacial score (nSPS) is 12.2. The lowest BCUT2D eigenvalue weighted by molar-refractivity contribution is 1.59. The Kier molecular flexibility index (Phi) is 6.49. The Bertz CT molecular complexity index is 808. The molecule has 0 aliphatic heterocycles. The molecule has 0 aliphatic rings. The molecule has 0 aromatic heterocycles. The molecular weight excluding hydrogens is 344 g/mol. The molecule has 0 aliphatic carbocycles. The van der Waals surface area contributed by atoms with E-state index in [4.69, 9.17) is 0 Å². The Morgan fingerprint density at radius 2 is 0.846 bits per heavy atom. The third kappa shape index (κ3) is 5.92. The van der Waals surface area contributed by atoms with Gasteiger partial charge >= 0.3 is 0 Å². The van der Waals surface area contributed by atoms with Crippen molar-refractivity contribution >= 4 is 16.1 Å². The molecule has 0 saturated heterocycles. The fourth-order valence-corrected chi connectivity index (χ4v) is 7.31. The first kappa shape index (κ1) is 20.1. The van der Waals surface area contributed by atoms with Gasteiger partial charge in [0.05, 0.1) is 16.1 Å². The molecule has 132 valence electrons. The lowest BCUT2D eigenvalue weighted by Crippen LogP contribution is -2.32. The minimum Gasteiger partial charge on any atom is -0.0702 e. The zero-order valence-corrected chi connectivity index (χ0v) is 18.8. The summed E-state index contributed by atoms with van der Waals surface area (Å²) in [4.78, 5) is 0. The molecule has 0 saturated carbocycles. The minimum atomic E-state index is -1.61. The van der Waals surface area contributed by atoms with Crippen molar-refractivity contribution in [2.45, 2.75) is 39.3 Å². The highest BCUT2D eigenvalue weighted by molar-refractivity contribution is 6.90. The van der Waals surface area contributed by atoms with Crippen molar-refractivity contribution in [2.24, 2.45) is 0 Å². The van der Waals surface area contributed by atoms with E-state index < -0.39 is 16.1 Å². The maximum Gasteiger partial charge on any atom is 0.0891 e. The Morgan fingerprint density at radius 1 is 0.538 bits per heavy atom. The van der Waals surface area contributed by atoms with E-state index in [9.17, 15) is 0 Å². The number of rotatable bonds is 2. The van der Waals surface area contributed by atoms with Crippen LogP contribution in [0.4, 0.5) is 0 Å². The van der Waals surface area contributed by atoms with Crippen molar-refractivity contribution in [2.75, 3.05) is 0 Å². The van der Waals surface area contributed by atoms with Crippen molar-refractivity contribution in [3.63, 3.8) is 0 Å². The second-order valence-corrected chi connectivity index (χ2v) is 18.5. The van der Waals surface area contributed by atoms with Crippen LogP contribution in [0, 0.1) is 23.7 Å². The summed E-state index contributed by atoms with van der Waals surface area (Å²) in [7, 11) is -3.23. The maximum atomic E-state index is 3.54. The van der Waals surface area contributed by atoms with Gasteiger partial charge in [0.1, 0.15) is 0 Å². The quantitative estimate of drug-likeness (QED) is 0.438. The highest BCUT2D eigenvalue weighted by atomic mass is 28.3. The maximum absolute atomic E-state index is 3.54. The molecule has 2 rings (SSSR count). The molecule has 2 aromatic carbocycles. The molecule has 0 nitrogen and oxygen atoms in total.